The Balaban J connectivity index is 0.000000144. The Bertz CT molecular complexity index is 4880. The predicted molar refractivity (Wildman–Crippen MR) is 416 cm³/mol. The van der Waals surface area contributed by atoms with E-state index in [0.717, 1.165) is 53.3 Å². The summed E-state index contributed by atoms with van der Waals surface area (Å²) in [6, 6.07) is 16.4. The fraction of sp³-hybridized carbons (Fsp3) is 0.444. The van der Waals surface area contributed by atoms with Crippen molar-refractivity contribution < 1.29 is 105 Å². The Kier molecular flexibility index (Phi) is 23.4. The molecule has 5 atom stereocenters. The minimum atomic E-state index is -0.934. The van der Waals surface area contributed by atoms with Crippen LogP contribution >= 0.6 is 0 Å². The predicted octanol–water partition coefficient (Wildman–Crippen LogP) is 11.6. The first kappa shape index (κ1) is 86.2. The lowest BCUT2D eigenvalue weighted by Gasteiger charge is -2.27. The summed E-state index contributed by atoms with van der Waals surface area (Å²) in [6.45, 7) is 29.2. The third-order valence-corrected chi connectivity index (χ3v) is 22.7. The van der Waals surface area contributed by atoms with E-state index in [1.807, 2.05) is 122 Å². The molecular formula is C90H93F2N5O20. The van der Waals surface area contributed by atoms with Gasteiger partial charge in [0.15, 0.2) is 28.9 Å². The maximum atomic E-state index is 14.3. The smallest absolute Gasteiger partial charge is 0.262 e. The van der Waals surface area contributed by atoms with Crippen molar-refractivity contribution in [3.05, 3.63) is 174 Å². The molecule has 0 N–H and O–H groups in total. The molecule has 5 aromatic rings. The first-order valence-electron chi connectivity index (χ1n) is 39.0. The van der Waals surface area contributed by atoms with Gasteiger partial charge >= 0.3 is 0 Å². The fourth-order valence-corrected chi connectivity index (χ4v) is 16.0. The van der Waals surface area contributed by atoms with Crippen LogP contribution in [0.1, 0.15) is 332 Å². The van der Waals surface area contributed by atoms with Gasteiger partial charge in [0.2, 0.25) is 0 Å². The zero-order valence-corrected chi connectivity index (χ0v) is 68.2. The number of amides is 10. The second-order valence-corrected chi connectivity index (χ2v) is 36.4. The summed E-state index contributed by atoms with van der Waals surface area (Å²) in [5.74, 6) is -8.82. The van der Waals surface area contributed by atoms with Crippen LogP contribution in [-0.2, 0) is 75.0 Å². The lowest BCUT2D eigenvalue weighted by atomic mass is 9.85. The van der Waals surface area contributed by atoms with Gasteiger partial charge in [0.1, 0.15) is 40.6 Å². The number of halogens is 2. The van der Waals surface area contributed by atoms with E-state index in [0.29, 0.717) is 44.5 Å². The molecule has 0 spiro atoms. The first-order valence-corrected chi connectivity index (χ1v) is 39.0. The van der Waals surface area contributed by atoms with Crippen molar-refractivity contribution in [2.24, 2.45) is 0 Å². The molecule has 612 valence electrons. The first-order chi connectivity index (χ1) is 54.3. The molecule has 0 aromatic heterocycles. The molecule has 117 heavy (non-hydrogen) atoms. The second kappa shape index (κ2) is 31.8. The normalized spacial score (nSPS) is 21.7. The SMILES string of the molecule is CC(C)(C)c1cc2c(cc1F)C(=O)N(C1CCC(=O)CC1=O)C2=O.CC(C)(C)c1cc2c(cc1F)C(=O)N([C@H]1CCC(=O)CC1=O)C2=O.CC(C)(C)c1ccc2c(c1)C(=O)N(C1CCC(=O)CC1=O)C2=O.CC(C)(C)c1ccc2c(c1)C(=O)N(C1CCC(=O)CC1=O)C2=O.CC(C)(C)c1ccc2c(c1)C(=O)N([C@H]1CCC(=O)CC1=O)C2=O. The summed E-state index contributed by atoms with van der Waals surface area (Å²) in [6.07, 6.45) is 0.887. The minimum absolute atomic E-state index is 0.0183. The van der Waals surface area contributed by atoms with Crippen LogP contribution in [0.15, 0.2) is 78.9 Å². The largest absolute Gasteiger partial charge is 0.299 e. The number of imide groups is 5. The van der Waals surface area contributed by atoms with Crippen LogP contribution in [0, 0.1) is 11.6 Å². The van der Waals surface area contributed by atoms with Crippen LogP contribution < -0.4 is 0 Å². The number of fused-ring (bicyclic) bond motifs is 5. The fourth-order valence-electron chi connectivity index (χ4n) is 16.0. The molecule has 27 heteroatoms. The zero-order valence-electron chi connectivity index (χ0n) is 68.2. The molecule has 0 saturated heterocycles. The zero-order chi connectivity index (χ0) is 86.4. The minimum Gasteiger partial charge on any atom is -0.299 e. The van der Waals surface area contributed by atoms with Crippen LogP contribution in [0.5, 0.6) is 0 Å². The van der Waals surface area contributed by atoms with Crippen LogP contribution in [0.4, 0.5) is 8.78 Å². The van der Waals surface area contributed by atoms with Crippen LogP contribution in [0.3, 0.4) is 0 Å². The molecule has 5 saturated carbocycles. The maximum Gasteiger partial charge on any atom is 0.262 e. The molecule has 3 unspecified atom stereocenters. The van der Waals surface area contributed by atoms with Crippen molar-refractivity contribution in [1.29, 1.82) is 0 Å². The van der Waals surface area contributed by atoms with Crippen LogP contribution in [0.25, 0.3) is 0 Å². The molecule has 0 bridgehead atoms. The molecule has 25 nitrogen and oxygen atoms in total. The number of carbonyl (C=O) groups excluding carboxylic acids is 20. The van der Waals surface area contributed by atoms with Gasteiger partial charge in [-0.05, 0) is 148 Å². The number of rotatable bonds is 5. The van der Waals surface area contributed by atoms with E-state index in [4.69, 9.17) is 0 Å². The van der Waals surface area contributed by atoms with E-state index in [9.17, 15) is 105 Å². The molecule has 5 aromatic carbocycles. The highest BCUT2D eigenvalue weighted by atomic mass is 19.1. The third kappa shape index (κ3) is 16.9. The van der Waals surface area contributed by atoms with Crippen molar-refractivity contribution >= 4 is 117 Å². The van der Waals surface area contributed by atoms with E-state index >= 15 is 0 Å². The molecule has 5 heterocycles. The van der Waals surface area contributed by atoms with Gasteiger partial charge < -0.3 is 0 Å². The molecule has 10 aliphatic rings. The Hall–Kier alpha value is -11.6. The average Bonchev–Trinajstić information content (AvgIpc) is 1.56. The summed E-state index contributed by atoms with van der Waals surface area (Å²) < 4.78 is 28.7. The summed E-state index contributed by atoms with van der Waals surface area (Å²) in [5.41, 5.74) is 4.39. The molecule has 15 rings (SSSR count). The molecule has 5 fully saturated rings. The van der Waals surface area contributed by atoms with Crippen molar-refractivity contribution in [1.82, 2.24) is 24.5 Å². The third-order valence-electron chi connectivity index (χ3n) is 22.7. The Morgan fingerprint density at radius 1 is 0.231 bits per heavy atom. The van der Waals surface area contributed by atoms with Crippen molar-refractivity contribution in [3.8, 4) is 0 Å². The van der Waals surface area contributed by atoms with Crippen molar-refractivity contribution in [3.63, 3.8) is 0 Å². The highest BCUT2D eigenvalue weighted by Gasteiger charge is 2.51. The number of hydrogen-bond donors (Lipinski definition) is 0. The molecular weight excluding hydrogens is 1510 g/mol. The number of Topliss-reactive ketones (excluding diaryl/α,β-unsaturated/α-hetero) is 10. The Labute approximate surface area is 674 Å². The van der Waals surface area contributed by atoms with Crippen LogP contribution in [0.2, 0.25) is 0 Å². The summed E-state index contributed by atoms with van der Waals surface area (Å²) in [5, 5.41) is 0. The van der Waals surface area contributed by atoms with E-state index in [2.05, 4.69) is 0 Å². The standard InChI is InChI=1S/2C18H18FNO4.3C18H19NO4/c2*1-18(2,3)12-7-10-11(8-13(12)19)17(24)20(16(10)23)14-5-4-9(21)6-15(14)22;3*1-18(2,3)10-4-6-12-13(8-10)17(23)19(16(12)22)14-7-5-11(20)9-15(14)21/h2*7-8,14H,4-6H2,1-3H3;3*4,6,8,14H,5,7,9H2,1-3H3/t14-;;14-;;/m0.0../s1. The summed E-state index contributed by atoms with van der Waals surface area (Å²) in [4.78, 5) is 248. The number of benzene rings is 5. The highest BCUT2D eigenvalue weighted by molar-refractivity contribution is 6.28. The average molecular weight is 1600 g/mol. The van der Waals surface area contributed by atoms with E-state index in [1.165, 1.54) is 12.1 Å². The van der Waals surface area contributed by atoms with Gasteiger partial charge in [0, 0.05) is 32.1 Å². The lowest BCUT2D eigenvalue weighted by Crippen LogP contribution is -2.47. The second-order valence-electron chi connectivity index (χ2n) is 36.4. The van der Waals surface area contributed by atoms with Gasteiger partial charge in [-0.2, -0.15) is 0 Å². The Morgan fingerprint density at radius 2 is 0.402 bits per heavy atom. The van der Waals surface area contributed by atoms with Gasteiger partial charge in [0.05, 0.1) is 118 Å². The maximum absolute atomic E-state index is 14.3. The summed E-state index contributed by atoms with van der Waals surface area (Å²) in [7, 11) is 0. The molecule has 5 aliphatic carbocycles. The number of carbonyl (C=O) groups is 20. The number of nitrogens with zero attached hydrogens (tertiary/aromatic N) is 5. The van der Waals surface area contributed by atoms with E-state index in [-0.39, 0.29) is 181 Å². The molecule has 10 amide bonds. The lowest BCUT2D eigenvalue weighted by molar-refractivity contribution is -0.134. The highest BCUT2D eigenvalue weighted by Crippen LogP contribution is 2.41. The van der Waals surface area contributed by atoms with Gasteiger partial charge in [-0.15, -0.1) is 0 Å². The number of ketones is 10. The van der Waals surface area contributed by atoms with E-state index < -0.39 is 123 Å². The van der Waals surface area contributed by atoms with E-state index in [1.54, 1.807) is 36.4 Å². The monoisotopic (exact) mass is 1600 g/mol. The van der Waals surface area contributed by atoms with Crippen molar-refractivity contribution in [2.75, 3.05) is 0 Å². The summed E-state index contributed by atoms with van der Waals surface area (Å²) >= 11 is 0. The van der Waals surface area contributed by atoms with Gasteiger partial charge in [0.25, 0.3) is 59.1 Å². The van der Waals surface area contributed by atoms with Crippen LogP contribution in [-0.4, -0.2) is 172 Å². The quantitative estimate of drug-likeness (QED) is 0.116. The molecule has 0 radical (unpaired) electrons. The van der Waals surface area contributed by atoms with Gasteiger partial charge in [-0.25, -0.2) is 8.78 Å². The van der Waals surface area contributed by atoms with Gasteiger partial charge in [-0.1, -0.05) is 122 Å². The van der Waals surface area contributed by atoms with Crippen molar-refractivity contribution in [2.45, 2.75) is 257 Å². The topological polar surface area (TPSA) is 358 Å². The molecule has 5 aliphatic heterocycles. The Morgan fingerprint density at radius 3 is 0.573 bits per heavy atom. The van der Waals surface area contributed by atoms with Gasteiger partial charge in [-0.3, -0.25) is 120 Å². The number of hydrogen-bond acceptors (Lipinski definition) is 20.